The molecule has 1 aromatic heterocycles. The van der Waals surface area contributed by atoms with E-state index >= 15 is 0 Å². The highest BCUT2D eigenvalue weighted by Gasteiger charge is 2.14. The van der Waals surface area contributed by atoms with Gasteiger partial charge in [-0.2, -0.15) is 0 Å². The van der Waals surface area contributed by atoms with E-state index in [1.54, 1.807) is 0 Å². The van der Waals surface area contributed by atoms with Crippen LogP contribution in [-0.4, -0.2) is 48.1 Å². The van der Waals surface area contributed by atoms with E-state index in [0.29, 0.717) is 12.3 Å². The Morgan fingerprint density at radius 3 is 2.57 bits per heavy atom. The van der Waals surface area contributed by atoms with Gasteiger partial charge in [-0.15, -0.1) is 0 Å². The van der Waals surface area contributed by atoms with Gasteiger partial charge in [0.05, 0.1) is 6.54 Å². The van der Waals surface area contributed by atoms with Gasteiger partial charge in [0.25, 0.3) is 0 Å². The minimum absolute atomic E-state index is 0.0486. The lowest BCUT2D eigenvalue weighted by atomic mass is 10.4. The first-order valence-electron chi connectivity index (χ1n) is 6.51. The van der Waals surface area contributed by atoms with Crippen molar-refractivity contribution >= 4 is 17.9 Å². The van der Waals surface area contributed by atoms with Crippen molar-refractivity contribution in [1.29, 1.82) is 0 Å². The van der Waals surface area contributed by atoms with E-state index in [4.69, 9.17) is 9.52 Å². The first-order chi connectivity index (χ1) is 9.93. The molecule has 0 saturated heterocycles. The Hall–Kier alpha value is -2.51. The molecule has 0 aliphatic heterocycles. The third kappa shape index (κ3) is 5.55. The number of nitrogens with one attached hydrogen (secondary N) is 2. The largest absolute Gasteiger partial charge is 0.475 e. The van der Waals surface area contributed by atoms with Gasteiger partial charge in [-0.3, -0.25) is 4.79 Å². The van der Waals surface area contributed by atoms with Crippen molar-refractivity contribution in [3.8, 4) is 0 Å². The van der Waals surface area contributed by atoms with Gasteiger partial charge >= 0.3 is 12.0 Å². The molecule has 0 spiro atoms. The van der Waals surface area contributed by atoms with Crippen LogP contribution in [0.4, 0.5) is 4.79 Å². The molecule has 0 radical (unpaired) electrons. The summed E-state index contributed by atoms with van der Waals surface area (Å²) in [5, 5.41) is 13.9. The minimum Gasteiger partial charge on any atom is -0.475 e. The molecule has 0 aliphatic carbocycles. The van der Waals surface area contributed by atoms with Crippen molar-refractivity contribution < 1.29 is 23.9 Å². The second kappa shape index (κ2) is 7.93. The molecule has 1 aromatic rings. The van der Waals surface area contributed by atoms with Crippen LogP contribution in [0.25, 0.3) is 0 Å². The lowest BCUT2D eigenvalue weighted by Gasteiger charge is -2.17. The molecule has 1 heterocycles. The number of carboxylic acids is 1. The van der Waals surface area contributed by atoms with E-state index in [2.05, 4.69) is 10.6 Å². The summed E-state index contributed by atoms with van der Waals surface area (Å²) < 4.78 is 5.00. The maximum atomic E-state index is 11.7. The van der Waals surface area contributed by atoms with Crippen LogP contribution in [-0.2, 0) is 11.3 Å². The Morgan fingerprint density at radius 2 is 2.00 bits per heavy atom. The summed E-state index contributed by atoms with van der Waals surface area (Å²) in [6.07, 6.45) is 0.825. The second-order valence-electron chi connectivity index (χ2n) is 4.44. The van der Waals surface area contributed by atoms with E-state index in [-0.39, 0.29) is 24.8 Å². The zero-order valence-corrected chi connectivity index (χ0v) is 12.0. The number of hydrogen-bond donors (Lipinski definition) is 3. The van der Waals surface area contributed by atoms with Gasteiger partial charge < -0.3 is 25.1 Å². The van der Waals surface area contributed by atoms with Crippen LogP contribution in [0.15, 0.2) is 16.5 Å². The number of urea groups is 1. The number of rotatable bonds is 7. The molecule has 21 heavy (non-hydrogen) atoms. The zero-order valence-electron chi connectivity index (χ0n) is 12.0. The van der Waals surface area contributed by atoms with Crippen LogP contribution in [0.3, 0.4) is 0 Å². The van der Waals surface area contributed by atoms with Gasteiger partial charge in [-0.1, -0.05) is 6.92 Å². The molecule has 1 rings (SSSR count). The number of carboxylic acid groups (broad SMARTS) is 1. The van der Waals surface area contributed by atoms with Crippen molar-refractivity contribution in [2.24, 2.45) is 0 Å². The first-order valence-corrected chi connectivity index (χ1v) is 6.51. The topological polar surface area (TPSA) is 112 Å². The van der Waals surface area contributed by atoms with E-state index in [9.17, 15) is 14.4 Å². The molecule has 3 amide bonds. The number of amides is 3. The molecule has 0 aromatic carbocycles. The van der Waals surface area contributed by atoms with Gasteiger partial charge in [0.2, 0.25) is 11.7 Å². The molecule has 0 aliphatic rings. The van der Waals surface area contributed by atoms with Crippen LogP contribution >= 0.6 is 0 Å². The average molecular weight is 297 g/mol. The van der Waals surface area contributed by atoms with E-state index in [1.165, 1.54) is 24.1 Å². The number of carbonyl (C=O) groups excluding carboxylic acids is 2. The highest BCUT2D eigenvalue weighted by molar-refractivity contribution is 5.84. The molecule has 0 bridgehead atoms. The summed E-state index contributed by atoms with van der Waals surface area (Å²) in [4.78, 5) is 35.1. The average Bonchev–Trinajstić information content (AvgIpc) is 2.91. The fraction of sp³-hybridized carbons (Fsp3) is 0.462. The monoisotopic (exact) mass is 297 g/mol. The van der Waals surface area contributed by atoms with Crippen molar-refractivity contribution in [2.45, 2.75) is 19.9 Å². The molecule has 8 nitrogen and oxygen atoms in total. The fourth-order valence-corrected chi connectivity index (χ4v) is 1.49. The normalized spacial score (nSPS) is 10.0. The van der Waals surface area contributed by atoms with Gasteiger partial charge in [0.15, 0.2) is 0 Å². The third-order valence-electron chi connectivity index (χ3n) is 2.59. The Bertz CT molecular complexity index is 512. The molecule has 8 heteroatoms. The van der Waals surface area contributed by atoms with E-state index in [1.807, 2.05) is 6.92 Å². The maximum Gasteiger partial charge on any atom is 0.371 e. The number of aromatic carboxylic acids is 1. The summed E-state index contributed by atoms with van der Waals surface area (Å²) in [7, 11) is 1.49. The second-order valence-corrected chi connectivity index (χ2v) is 4.44. The third-order valence-corrected chi connectivity index (χ3v) is 2.59. The molecule has 0 atom stereocenters. The smallest absolute Gasteiger partial charge is 0.371 e. The fourth-order valence-electron chi connectivity index (χ4n) is 1.49. The Labute approximate surface area is 122 Å². The molecule has 0 saturated carbocycles. The van der Waals surface area contributed by atoms with E-state index < -0.39 is 12.0 Å². The predicted molar refractivity (Wildman–Crippen MR) is 73.8 cm³/mol. The van der Waals surface area contributed by atoms with Crippen LogP contribution in [0.2, 0.25) is 0 Å². The van der Waals surface area contributed by atoms with Crippen molar-refractivity contribution in [2.75, 3.05) is 20.1 Å². The van der Waals surface area contributed by atoms with E-state index in [0.717, 1.165) is 6.42 Å². The van der Waals surface area contributed by atoms with Crippen molar-refractivity contribution in [3.63, 3.8) is 0 Å². The molecule has 0 unspecified atom stereocenters. The van der Waals surface area contributed by atoms with Gasteiger partial charge in [0, 0.05) is 13.6 Å². The standard InChI is InChI=1S/C13H19N3O5/c1-3-6-14-11(17)8-16(2)13(20)15-7-9-4-5-10(21-9)12(18)19/h4-5H,3,6-8H2,1-2H3,(H,14,17)(H,15,20)(H,18,19). The highest BCUT2D eigenvalue weighted by Crippen LogP contribution is 2.07. The molecule has 0 fully saturated rings. The maximum absolute atomic E-state index is 11.7. The lowest BCUT2D eigenvalue weighted by molar-refractivity contribution is -0.121. The van der Waals surface area contributed by atoms with Gasteiger partial charge in [-0.05, 0) is 18.6 Å². The molecule has 3 N–H and O–H groups in total. The first kappa shape index (κ1) is 16.5. The van der Waals surface area contributed by atoms with Gasteiger partial charge in [-0.25, -0.2) is 9.59 Å². The minimum atomic E-state index is -1.17. The zero-order chi connectivity index (χ0) is 15.8. The molecular weight excluding hydrogens is 278 g/mol. The lowest BCUT2D eigenvalue weighted by Crippen LogP contribution is -2.43. The summed E-state index contributed by atoms with van der Waals surface area (Å²) >= 11 is 0. The van der Waals surface area contributed by atoms with Crippen LogP contribution < -0.4 is 10.6 Å². The SMILES string of the molecule is CCCNC(=O)CN(C)C(=O)NCc1ccc(C(=O)O)o1. The number of nitrogens with zero attached hydrogens (tertiary/aromatic N) is 1. The summed E-state index contributed by atoms with van der Waals surface area (Å²) in [5.74, 6) is -1.27. The summed E-state index contributed by atoms with van der Waals surface area (Å²) in [5.41, 5.74) is 0. The van der Waals surface area contributed by atoms with Crippen molar-refractivity contribution in [1.82, 2.24) is 15.5 Å². The summed E-state index contributed by atoms with van der Waals surface area (Å²) in [6, 6.07) is 2.33. The van der Waals surface area contributed by atoms with Crippen molar-refractivity contribution in [3.05, 3.63) is 23.7 Å². The summed E-state index contributed by atoms with van der Waals surface area (Å²) in [6.45, 7) is 2.50. The molecular formula is C13H19N3O5. The van der Waals surface area contributed by atoms with Crippen LogP contribution in [0, 0.1) is 0 Å². The number of hydrogen-bond acceptors (Lipinski definition) is 4. The number of furan rings is 1. The predicted octanol–water partition coefficient (Wildman–Crippen LogP) is 0.645. The van der Waals surface area contributed by atoms with Crippen LogP contribution in [0.1, 0.15) is 29.7 Å². The number of carbonyl (C=O) groups is 3. The Kier molecular flexibility index (Phi) is 6.25. The van der Waals surface area contributed by atoms with Crippen LogP contribution in [0.5, 0.6) is 0 Å². The Morgan fingerprint density at radius 1 is 1.29 bits per heavy atom. The highest BCUT2D eigenvalue weighted by atomic mass is 16.4. The number of likely N-dealkylation sites (N-methyl/N-ethyl adjacent to an activating group) is 1. The quantitative estimate of drug-likeness (QED) is 0.684. The van der Waals surface area contributed by atoms with Gasteiger partial charge in [0.1, 0.15) is 12.3 Å². The Balaban J connectivity index is 2.38. The molecule has 116 valence electrons.